The summed E-state index contributed by atoms with van der Waals surface area (Å²) in [5.74, 6) is -1.74. The molecule has 1 aromatic rings. The van der Waals surface area contributed by atoms with Crippen molar-refractivity contribution in [3.05, 3.63) is 16.6 Å². The largest absolute Gasteiger partial charge is 0.481 e. The Morgan fingerprint density at radius 3 is 2.88 bits per heavy atom. The molecule has 0 radical (unpaired) electrons. The molecule has 0 amide bonds. The lowest BCUT2D eigenvalue weighted by Crippen LogP contribution is -2.26. The Balaban J connectivity index is 2.11. The summed E-state index contributed by atoms with van der Waals surface area (Å²) in [7, 11) is -3.03. The molecular weight excluding hydrogens is 262 g/mol. The first kappa shape index (κ1) is 12.5. The van der Waals surface area contributed by atoms with Gasteiger partial charge in [0.05, 0.1) is 22.4 Å². The SMILES string of the molecule is O=C(O)C(Cc1nccs1)C1CCS(=O)(=O)C1. The van der Waals surface area contributed by atoms with Crippen LogP contribution in [0.2, 0.25) is 0 Å². The molecule has 5 nitrogen and oxygen atoms in total. The van der Waals surface area contributed by atoms with E-state index in [0.717, 1.165) is 5.01 Å². The van der Waals surface area contributed by atoms with Crippen LogP contribution in [0.1, 0.15) is 11.4 Å². The number of carboxylic acids is 1. The first-order valence-electron chi connectivity index (χ1n) is 5.29. The van der Waals surface area contributed by atoms with E-state index in [1.807, 2.05) is 0 Å². The predicted molar refractivity (Wildman–Crippen MR) is 63.7 cm³/mol. The summed E-state index contributed by atoms with van der Waals surface area (Å²) in [6.45, 7) is 0. The molecule has 94 valence electrons. The molecule has 2 atom stereocenters. The van der Waals surface area contributed by atoms with Crippen molar-refractivity contribution in [1.82, 2.24) is 4.98 Å². The standard InChI is InChI=1S/C10H13NO4S2/c12-10(13)8(5-9-11-2-3-16-9)7-1-4-17(14,15)6-7/h2-3,7-8H,1,4-6H2,(H,12,13). The maximum absolute atomic E-state index is 11.4. The Bertz CT molecular complexity index is 494. The van der Waals surface area contributed by atoms with E-state index in [0.29, 0.717) is 12.8 Å². The molecule has 0 aromatic carbocycles. The third-order valence-electron chi connectivity index (χ3n) is 3.03. The molecule has 1 saturated heterocycles. The van der Waals surface area contributed by atoms with Crippen LogP contribution in [0.15, 0.2) is 11.6 Å². The first-order chi connectivity index (χ1) is 7.98. The molecule has 0 bridgehead atoms. The maximum Gasteiger partial charge on any atom is 0.307 e. The Morgan fingerprint density at radius 2 is 2.41 bits per heavy atom. The van der Waals surface area contributed by atoms with Crippen molar-refractivity contribution in [1.29, 1.82) is 0 Å². The van der Waals surface area contributed by atoms with Crippen molar-refractivity contribution in [2.24, 2.45) is 11.8 Å². The Kier molecular flexibility index (Phi) is 3.48. The van der Waals surface area contributed by atoms with Crippen molar-refractivity contribution in [3.63, 3.8) is 0 Å². The van der Waals surface area contributed by atoms with Crippen molar-refractivity contribution in [2.45, 2.75) is 12.8 Å². The van der Waals surface area contributed by atoms with E-state index >= 15 is 0 Å². The van der Waals surface area contributed by atoms with Crippen molar-refractivity contribution < 1.29 is 18.3 Å². The van der Waals surface area contributed by atoms with E-state index in [2.05, 4.69) is 4.98 Å². The monoisotopic (exact) mass is 275 g/mol. The summed E-state index contributed by atoms with van der Waals surface area (Å²) in [4.78, 5) is 15.3. The van der Waals surface area contributed by atoms with Crippen LogP contribution in [0.4, 0.5) is 0 Å². The molecule has 2 unspecified atom stereocenters. The minimum atomic E-state index is -3.03. The van der Waals surface area contributed by atoms with E-state index in [9.17, 15) is 18.3 Å². The van der Waals surface area contributed by atoms with Crippen LogP contribution < -0.4 is 0 Å². The van der Waals surface area contributed by atoms with Gasteiger partial charge < -0.3 is 5.11 Å². The molecule has 17 heavy (non-hydrogen) atoms. The van der Waals surface area contributed by atoms with Crippen molar-refractivity contribution in [3.8, 4) is 0 Å². The van der Waals surface area contributed by atoms with E-state index in [1.54, 1.807) is 11.6 Å². The number of hydrogen-bond acceptors (Lipinski definition) is 5. The van der Waals surface area contributed by atoms with Crippen LogP contribution in [-0.4, -0.2) is 36.0 Å². The van der Waals surface area contributed by atoms with Gasteiger partial charge in [-0.15, -0.1) is 11.3 Å². The number of rotatable bonds is 4. The predicted octanol–water partition coefficient (Wildman–Crippen LogP) is 0.821. The number of hydrogen-bond donors (Lipinski definition) is 1. The highest BCUT2D eigenvalue weighted by atomic mass is 32.2. The van der Waals surface area contributed by atoms with Crippen LogP contribution in [0.3, 0.4) is 0 Å². The molecule has 1 aromatic heterocycles. The van der Waals surface area contributed by atoms with Crippen LogP contribution in [0, 0.1) is 11.8 Å². The highest BCUT2D eigenvalue weighted by molar-refractivity contribution is 7.91. The lowest BCUT2D eigenvalue weighted by molar-refractivity contribution is -0.143. The van der Waals surface area contributed by atoms with Gasteiger partial charge in [0.25, 0.3) is 0 Å². The minimum absolute atomic E-state index is 0.00462. The van der Waals surface area contributed by atoms with Crippen LogP contribution >= 0.6 is 11.3 Å². The van der Waals surface area contributed by atoms with Gasteiger partial charge in [0.15, 0.2) is 9.84 Å². The second-order valence-corrected chi connectivity index (χ2v) is 7.45. The lowest BCUT2D eigenvalue weighted by atomic mass is 9.89. The van der Waals surface area contributed by atoms with E-state index in [4.69, 9.17) is 0 Å². The average molecular weight is 275 g/mol. The van der Waals surface area contributed by atoms with Gasteiger partial charge in [0.1, 0.15) is 0 Å². The minimum Gasteiger partial charge on any atom is -0.481 e. The van der Waals surface area contributed by atoms with Crippen LogP contribution in [-0.2, 0) is 21.1 Å². The molecule has 7 heteroatoms. The van der Waals surface area contributed by atoms with Crippen LogP contribution in [0.25, 0.3) is 0 Å². The van der Waals surface area contributed by atoms with Crippen molar-refractivity contribution >= 4 is 27.1 Å². The number of thiazole rings is 1. The third-order valence-corrected chi connectivity index (χ3v) is 5.63. The summed E-state index contributed by atoms with van der Waals surface area (Å²) >= 11 is 1.40. The summed E-state index contributed by atoms with van der Waals surface area (Å²) in [6, 6.07) is 0. The Morgan fingerprint density at radius 1 is 1.65 bits per heavy atom. The molecule has 0 saturated carbocycles. The highest BCUT2D eigenvalue weighted by Gasteiger charge is 2.37. The zero-order valence-corrected chi connectivity index (χ0v) is 10.7. The van der Waals surface area contributed by atoms with E-state index < -0.39 is 21.7 Å². The Hall–Kier alpha value is -0.950. The van der Waals surface area contributed by atoms with Gasteiger partial charge in [0, 0.05) is 18.0 Å². The topological polar surface area (TPSA) is 84.3 Å². The number of carbonyl (C=O) groups is 1. The molecule has 1 aliphatic rings. The second-order valence-electron chi connectivity index (χ2n) is 4.24. The zero-order chi connectivity index (χ0) is 12.5. The van der Waals surface area contributed by atoms with Gasteiger partial charge in [-0.05, 0) is 12.3 Å². The summed E-state index contributed by atoms with van der Waals surface area (Å²) < 4.78 is 22.7. The Labute approximate surface area is 103 Å². The van der Waals surface area contributed by atoms with Gasteiger partial charge in [0.2, 0.25) is 0 Å². The van der Waals surface area contributed by atoms with E-state index in [-0.39, 0.29) is 17.4 Å². The van der Waals surface area contributed by atoms with Gasteiger partial charge in [-0.25, -0.2) is 13.4 Å². The molecule has 2 heterocycles. The smallest absolute Gasteiger partial charge is 0.307 e. The summed E-state index contributed by atoms with van der Waals surface area (Å²) in [6.07, 6.45) is 2.40. The lowest BCUT2D eigenvalue weighted by Gasteiger charge is -2.16. The normalized spacial score (nSPS) is 24.6. The molecule has 0 spiro atoms. The maximum atomic E-state index is 11.4. The van der Waals surface area contributed by atoms with Crippen molar-refractivity contribution in [2.75, 3.05) is 11.5 Å². The first-order valence-corrected chi connectivity index (χ1v) is 7.99. The molecule has 0 aliphatic carbocycles. The zero-order valence-electron chi connectivity index (χ0n) is 9.07. The fourth-order valence-electron chi connectivity index (χ4n) is 2.14. The van der Waals surface area contributed by atoms with Gasteiger partial charge in [-0.3, -0.25) is 4.79 Å². The quantitative estimate of drug-likeness (QED) is 0.879. The average Bonchev–Trinajstić information content (AvgIpc) is 2.83. The molecule has 2 rings (SSSR count). The highest BCUT2D eigenvalue weighted by Crippen LogP contribution is 2.29. The second kappa shape index (κ2) is 4.73. The summed E-state index contributed by atoms with van der Waals surface area (Å²) in [5.41, 5.74) is 0. The fourth-order valence-corrected chi connectivity index (χ4v) is 4.69. The molecular formula is C10H13NO4S2. The van der Waals surface area contributed by atoms with E-state index in [1.165, 1.54) is 11.3 Å². The van der Waals surface area contributed by atoms with Crippen LogP contribution in [0.5, 0.6) is 0 Å². The number of aliphatic carboxylic acids is 1. The molecule has 1 N–H and O–H groups in total. The number of nitrogens with zero attached hydrogens (tertiary/aromatic N) is 1. The fraction of sp³-hybridized carbons (Fsp3) is 0.600. The number of sulfone groups is 1. The number of carboxylic acid groups (broad SMARTS) is 1. The van der Waals surface area contributed by atoms with Gasteiger partial charge in [-0.1, -0.05) is 0 Å². The molecule has 1 fully saturated rings. The number of aromatic nitrogens is 1. The third kappa shape index (κ3) is 3.04. The van der Waals surface area contributed by atoms with Gasteiger partial charge >= 0.3 is 5.97 Å². The van der Waals surface area contributed by atoms with Gasteiger partial charge in [-0.2, -0.15) is 0 Å². The molecule has 1 aliphatic heterocycles. The summed E-state index contributed by atoms with van der Waals surface area (Å²) in [5, 5.41) is 11.7.